The van der Waals surface area contributed by atoms with E-state index in [0.29, 0.717) is 38.0 Å². The van der Waals surface area contributed by atoms with Gasteiger partial charge < -0.3 is 15.3 Å². The number of aliphatic hydroxyl groups is 1. The van der Waals surface area contributed by atoms with Crippen LogP contribution in [0.5, 0.6) is 0 Å². The second-order valence-corrected chi connectivity index (χ2v) is 11.8. The minimum Gasteiger partial charge on any atom is -0.394 e. The lowest BCUT2D eigenvalue weighted by molar-refractivity contribution is -0.134. The van der Waals surface area contributed by atoms with Crippen molar-refractivity contribution >= 4 is 21.6 Å². The zero-order valence-corrected chi connectivity index (χ0v) is 22.5. The number of carbonyl (C=O) groups excluding carboxylic acids is 1. The Labute approximate surface area is 219 Å². The summed E-state index contributed by atoms with van der Waals surface area (Å²) in [5.41, 5.74) is 1.31. The molecule has 0 spiro atoms. The van der Waals surface area contributed by atoms with Crippen LogP contribution >= 0.6 is 0 Å². The second kappa shape index (κ2) is 13.8. The number of anilines is 1. The first-order valence-electron chi connectivity index (χ1n) is 13.0. The number of nitrogens with one attached hydrogen (secondary N) is 2. The molecule has 1 fully saturated rings. The quantitative estimate of drug-likeness (QED) is 0.363. The van der Waals surface area contributed by atoms with Gasteiger partial charge in [0, 0.05) is 25.5 Å². The van der Waals surface area contributed by atoms with E-state index in [-0.39, 0.29) is 35.9 Å². The molecule has 8 nitrogen and oxygen atoms in total. The number of aromatic nitrogens is 1. The Hall–Kier alpha value is -2.56. The van der Waals surface area contributed by atoms with Crippen molar-refractivity contribution in [3.8, 4) is 0 Å². The monoisotopic (exact) mass is 534 g/mol. The van der Waals surface area contributed by atoms with Crippen molar-refractivity contribution in [3.05, 3.63) is 54.4 Å². The molecule has 1 aliphatic heterocycles. The molecular weight excluding hydrogens is 495 g/mol. The molecule has 1 aromatic heterocycles. The fraction of sp³-hybridized carbons (Fsp3) is 0.556. The van der Waals surface area contributed by atoms with Crippen LogP contribution in [0.25, 0.3) is 0 Å². The van der Waals surface area contributed by atoms with Crippen LogP contribution in [0.2, 0.25) is 0 Å². The number of rotatable bonds is 13. The summed E-state index contributed by atoms with van der Waals surface area (Å²) < 4.78 is 42.4. The van der Waals surface area contributed by atoms with E-state index in [1.807, 2.05) is 44.2 Å². The average molecular weight is 535 g/mol. The zero-order chi connectivity index (χ0) is 26.8. The van der Waals surface area contributed by atoms with E-state index >= 15 is 0 Å². The number of halogens is 1. The van der Waals surface area contributed by atoms with Crippen LogP contribution in [0.3, 0.4) is 0 Å². The van der Waals surface area contributed by atoms with Gasteiger partial charge in [0.15, 0.2) is 0 Å². The second-order valence-electron chi connectivity index (χ2n) is 10.1. The molecule has 0 aliphatic carbocycles. The van der Waals surface area contributed by atoms with Crippen LogP contribution < -0.4 is 10.0 Å². The molecule has 3 N–H and O–H groups in total. The molecule has 0 radical (unpaired) electrons. The summed E-state index contributed by atoms with van der Waals surface area (Å²) in [6.07, 6.45) is 5.52. The Balaban J connectivity index is 1.76. The summed E-state index contributed by atoms with van der Waals surface area (Å²) >= 11 is 0. The molecule has 0 saturated carbocycles. The van der Waals surface area contributed by atoms with Crippen molar-refractivity contribution in [2.75, 3.05) is 31.7 Å². The minimum absolute atomic E-state index is 0.0790. The third-order valence-corrected chi connectivity index (χ3v) is 8.22. The van der Waals surface area contributed by atoms with E-state index < -0.39 is 22.1 Å². The Morgan fingerprint density at radius 3 is 2.51 bits per heavy atom. The molecule has 204 valence electrons. The van der Waals surface area contributed by atoms with Gasteiger partial charge in [-0.1, -0.05) is 44.2 Å². The van der Waals surface area contributed by atoms with E-state index in [2.05, 4.69) is 15.0 Å². The van der Waals surface area contributed by atoms with E-state index in [1.54, 1.807) is 11.0 Å². The number of hydrogen-bond acceptors (Lipinski definition) is 6. The summed E-state index contributed by atoms with van der Waals surface area (Å²) in [4.78, 5) is 19.0. The summed E-state index contributed by atoms with van der Waals surface area (Å²) in [6.45, 7) is 4.31. The third-order valence-electron chi connectivity index (χ3n) is 6.73. The number of sulfonamides is 1. The smallest absolute Gasteiger partial charge is 0.244 e. The summed E-state index contributed by atoms with van der Waals surface area (Å²) in [5, 5.41) is 13.1. The number of amides is 1. The van der Waals surface area contributed by atoms with Gasteiger partial charge in [-0.3, -0.25) is 14.2 Å². The molecule has 0 bridgehead atoms. The van der Waals surface area contributed by atoms with Crippen molar-refractivity contribution in [1.29, 1.82) is 0 Å². The van der Waals surface area contributed by atoms with Crippen molar-refractivity contribution in [2.24, 2.45) is 11.8 Å². The number of pyridine rings is 1. The van der Waals surface area contributed by atoms with Crippen LogP contribution in [0, 0.1) is 11.8 Å². The molecule has 0 unspecified atom stereocenters. The molecule has 1 aliphatic rings. The van der Waals surface area contributed by atoms with E-state index in [9.17, 15) is 22.7 Å². The predicted octanol–water partition coefficient (Wildman–Crippen LogP) is 3.39. The van der Waals surface area contributed by atoms with Gasteiger partial charge >= 0.3 is 0 Å². The van der Waals surface area contributed by atoms with Gasteiger partial charge in [-0.2, -0.15) is 4.72 Å². The highest BCUT2D eigenvalue weighted by atomic mass is 32.2. The summed E-state index contributed by atoms with van der Waals surface area (Å²) in [5.74, 6) is 0.0808. The molecule has 2 atom stereocenters. The van der Waals surface area contributed by atoms with E-state index in [0.717, 1.165) is 18.4 Å². The van der Waals surface area contributed by atoms with Gasteiger partial charge in [0.05, 0.1) is 25.0 Å². The first kappa shape index (κ1) is 29.0. The third kappa shape index (κ3) is 8.48. The summed E-state index contributed by atoms with van der Waals surface area (Å²) in [6, 6.07) is 9.82. The van der Waals surface area contributed by atoms with Crippen LogP contribution in [-0.4, -0.2) is 67.8 Å². The SMILES string of the molecule is CC(C)C[C@H](NS(=O)(=O)c1cnccc1N[C@H](CO)Cc1ccccc1)C(=O)N1CCC(CCF)CC1. The number of likely N-dealkylation sites (tertiary alicyclic amines) is 1. The van der Waals surface area contributed by atoms with Gasteiger partial charge in [0.2, 0.25) is 15.9 Å². The molecule has 2 heterocycles. The minimum atomic E-state index is -4.12. The van der Waals surface area contributed by atoms with Gasteiger partial charge in [0.1, 0.15) is 10.9 Å². The first-order chi connectivity index (χ1) is 17.7. The van der Waals surface area contributed by atoms with Crippen LogP contribution in [0.1, 0.15) is 45.1 Å². The largest absolute Gasteiger partial charge is 0.394 e. The van der Waals surface area contributed by atoms with Crippen molar-refractivity contribution in [3.63, 3.8) is 0 Å². The Kier molecular flexibility index (Phi) is 10.8. The number of piperidine rings is 1. The Morgan fingerprint density at radius 2 is 1.89 bits per heavy atom. The maximum Gasteiger partial charge on any atom is 0.244 e. The molecule has 1 aromatic carbocycles. The highest BCUT2D eigenvalue weighted by Crippen LogP contribution is 2.25. The number of alkyl halides is 1. The number of nitrogens with zero attached hydrogens (tertiary/aromatic N) is 2. The lowest BCUT2D eigenvalue weighted by Gasteiger charge is -2.34. The molecule has 1 amide bonds. The maximum absolute atomic E-state index is 13.5. The fourth-order valence-electron chi connectivity index (χ4n) is 4.73. The highest BCUT2D eigenvalue weighted by Gasteiger charge is 2.33. The van der Waals surface area contributed by atoms with Gasteiger partial charge in [-0.15, -0.1) is 0 Å². The fourth-order valence-corrected chi connectivity index (χ4v) is 6.05. The predicted molar refractivity (Wildman–Crippen MR) is 142 cm³/mol. The maximum atomic E-state index is 13.5. The van der Waals surface area contributed by atoms with Gasteiger partial charge in [-0.05, 0) is 55.6 Å². The van der Waals surface area contributed by atoms with Crippen LogP contribution in [0.15, 0.2) is 53.7 Å². The van der Waals surface area contributed by atoms with Crippen molar-refractivity contribution in [1.82, 2.24) is 14.6 Å². The molecule has 1 saturated heterocycles. The highest BCUT2D eigenvalue weighted by molar-refractivity contribution is 7.89. The van der Waals surface area contributed by atoms with Gasteiger partial charge in [0.25, 0.3) is 0 Å². The van der Waals surface area contributed by atoms with Crippen LogP contribution in [-0.2, 0) is 21.2 Å². The van der Waals surface area contributed by atoms with Crippen molar-refractivity contribution in [2.45, 2.75) is 62.9 Å². The number of benzene rings is 1. The Bertz CT molecular complexity index is 1090. The zero-order valence-electron chi connectivity index (χ0n) is 21.6. The molecule has 2 aromatic rings. The topological polar surface area (TPSA) is 112 Å². The normalized spacial score (nSPS) is 16.5. The number of hydrogen-bond donors (Lipinski definition) is 3. The first-order valence-corrected chi connectivity index (χ1v) is 14.4. The van der Waals surface area contributed by atoms with Crippen LogP contribution in [0.4, 0.5) is 10.1 Å². The lowest BCUT2D eigenvalue weighted by atomic mass is 9.93. The van der Waals surface area contributed by atoms with E-state index in [4.69, 9.17) is 0 Å². The molecule has 10 heteroatoms. The Morgan fingerprint density at radius 1 is 1.19 bits per heavy atom. The molecule has 37 heavy (non-hydrogen) atoms. The van der Waals surface area contributed by atoms with E-state index in [1.165, 1.54) is 12.4 Å². The standard InChI is InChI=1S/C27H39FN4O4S/c1-20(2)16-25(27(34)32-14-10-21(8-12-28)11-15-32)31-37(35,36)26-18-29-13-9-24(26)30-23(19-33)17-22-6-4-3-5-7-22/h3-7,9,13,18,20-21,23,25,31,33H,8,10-12,14-17,19H2,1-2H3,(H,29,30)/t23-,25-/m0/s1. The van der Waals surface area contributed by atoms with Gasteiger partial charge in [-0.25, -0.2) is 8.42 Å². The number of aliphatic hydroxyl groups excluding tert-OH is 1. The summed E-state index contributed by atoms with van der Waals surface area (Å²) in [7, 11) is -4.12. The molecule has 3 rings (SSSR count). The molecular formula is C27H39FN4O4S. The van der Waals surface area contributed by atoms with Crippen molar-refractivity contribution < 1.29 is 22.7 Å². The lowest BCUT2D eigenvalue weighted by Crippen LogP contribution is -2.51. The number of carbonyl (C=O) groups is 1. The average Bonchev–Trinajstić information content (AvgIpc) is 2.88.